The van der Waals surface area contributed by atoms with Crippen molar-refractivity contribution in [2.24, 2.45) is 0 Å². The van der Waals surface area contributed by atoms with Gasteiger partial charge in [-0.25, -0.2) is 9.97 Å². The summed E-state index contributed by atoms with van der Waals surface area (Å²) in [6, 6.07) is 9.44. The molecule has 7 heteroatoms. The zero-order valence-electron chi connectivity index (χ0n) is 17.7. The molecular formula is C22H30ClN5O. The highest BCUT2D eigenvalue weighted by Gasteiger charge is 2.26. The van der Waals surface area contributed by atoms with E-state index in [1.165, 1.54) is 0 Å². The molecule has 6 nitrogen and oxygen atoms in total. The summed E-state index contributed by atoms with van der Waals surface area (Å²) in [5.74, 6) is 2.20. The van der Waals surface area contributed by atoms with Crippen LogP contribution in [0.15, 0.2) is 30.3 Å². The van der Waals surface area contributed by atoms with E-state index in [0.717, 1.165) is 49.1 Å². The number of aryl methyl sites for hydroxylation is 1. The molecule has 0 bridgehead atoms. The standard InChI is InChI=1S/C22H30ClN5O/c1-15(2)21-25-16(3)13-20(26-21)28-11-9-27(10-12-28)17(4)22(29)24-14-18-7-5-6-8-19(18)23/h5-8,13,15,17H,9-12,14H2,1-4H3,(H,24,29)/t17-/m1/s1. The number of halogens is 1. The van der Waals surface area contributed by atoms with Crippen molar-refractivity contribution in [2.45, 2.75) is 46.2 Å². The van der Waals surface area contributed by atoms with Gasteiger partial charge in [0.15, 0.2) is 0 Å². The van der Waals surface area contributed by atoms with Crippen LogP contribution >= 0.6 is 11.6 Å². The Morgan fingerprint density at radius 3 is 2.48 bits per heavy atom. The van der Waals surface area contributed by atoms with Gasteiger partial charge in [-0.15, -0.1) is 0 Å². The third-order valence-corrected chi connectivity index (χ3v) is 5.72. The van der Waals surface area contributed by atoms with Crippen LogP contribution in [-0.2, 0) is 11.3 Å². The number of carbonyl (C=O) groups excluding carboxylic acids is 1. The second-order valence-corrected chi connectivity index (χ2v) is 8.30. The highest BCUT2D eigenvalue weighted by molar-refractivity contribution is 6.31. The van der Waals surface area contributed by atoms with Gasteiger partial charge >= 0.3 is 0 Å². The smallest absolute Gasteiger partial charge is 0.237 e. The van der Waals surface area contributed by atoms with Crippen molar-refractivity contribution in [1.82, 2.24) is 20.2 Å². The normalized spacial score (nSPS) is 16.1. The Bertz CT molecular complexity index is 849. The SMILES string of the molecule is Cc1cc(N2CCN([C@H](C)C(=O)NCc3ccccc3Cl)CC2)nc(C(C)C)n1. The first-order chi connectivity index (χ1) is 13.8. The number of piperazine rings is 1. The van der Waals surface area contributed by atoms with Crippen molar-refractivity contribution < 1.29 is 4.79 Å². The Kier molecular flexibility index (Phi) is 7.09. The van der Waals surface area contributed by atoms with Gasteiger partial charge in [0.05, 0.1) is 6.04 Å². The first kappa shape index (κ1) is 21.5. The quantitative estimate of drug-likeness (QED) is 0.783. The predicted molar refractivity (Wildman–Crippen MR) is 117 cm³/mol. The fourth-order valence-electron chi connectivity index (χ4n) is 3.47. The summed E-state index contributed by atoms with van der Waals surface area (Å²) in [4.78, 5) is 26.4. The van der Waals surface area contributed by atoms with Gasteiger partial charge in [-0.3, -0.25) is 9.69 Å². The number of aromatic nitrogens is 2. The van der Waals surface area contributed by atoms with Gasteiger partial charge < -0.3 is 10.2 Å². The summed E-state index contributed by atoms with van der Waals surface area (Å²) in [6.45, 7) is 12.0. The van der Waals surface area contributed by atoms with Gasteiger partial charge in [0, 0.05) is 55.4 Å². The predicted octanol–water partition coefficient (Wildman–Crippen LogP) is 3.39. The summed E-state index contributed by atoms with van der Waals surface area (Å²) >= 11 is 6.17. The summed E-state index contributed by atoms with van der Waals surface area (Å²) in [6.07, 6.45) is 0. The highest BCUT2D eigenvalue weighted by atomic mass is 35.5. The minimum absolute atomic E-state index is 0.0262. The second kappa shape index (κ2) is 9.55. The molecule has 1 aromatic carbocycles. The number of amides is 1. The van der Waals surface area contributed by atoms with Crippen LogP contribution in [0.5, 0.6) is 0 Å². The van der Waals surface area contributed by atoms with Crippen LogP contribution in [0.3, 0.4) is 0 Å². The summed E-state index contributed by atoms with van der Waals surface area (Å²) in [5, 5.41) is 3.68. The Hall–Kier alpha value is -2.18. The minimum atomic E-state index is -0.182. The molecule has 0 unspecified atom stereocenters. The molecule has 1 fully saturated rings. The van der Waals surface area contributed by atoms with E-state index in [9.17, 15) is 4.79 Å². The fraction of sp³-hybridized carbons (Fsp3) is 0.500. The lowest BCUT2D eigenvalue weighted by Gasteiger charge is -2.38. The average Bonchev–Trinajstić information content (AvgIpc) is 2.72. The molecule has 1 amide bonds. The second-order valence-electron chi connectivity index (χ2n) is 7.89. The van der Waals surface area contributed by atoms with Gasteiger partial charge in [0.1, 0.15) is 11.6 Å². The minimum Gasteiger partial charge on any atom is -0.354 e. The van der Waals surface area contributed by atoms with Crippen LogP contribution in [0.1, 0.15) is 43.8 Å². The number of anilines is 1. The molecule has 0 aliphatic carbocycles. The number of rotatable bonds is 6. The topological polar surface area (TPSA) is 61.4 Å². The molecule has 3 rings (SSSR count). The number of hydrogen-bond donors (Lipinski definition) is 1. The van der Waals surface area contributed by atoms with Crippen LogP contribution in [0.25, 0.3) is 0 Å². The molecule has 2 heterocycles. The van der Waals surface area contributed by atoms with Crippen LogP contribution < -0.4 is 10.2 Å². The molecule has 0 radical (unpaired) electrons. The molecule has 29 heavy (non-hydrogen) atoms. The first-order valence-electron chi connectivity index (χ1n) is 10.2. The highest BCUT2D eigenvalue weighted by Crippen LogP contribution is 2.19. The maximum Gasteiger partial charge on any atom is 0.237 e. The molecule has 1 saturated heterocycles. The van der Waals surface area contributed by atoms with Gasteiger partial charge in [-0.05, 0) is 25.5 Å². The van der Waals surface area contributed by atoms with Crippen LogP contribution in [0, 0.1) is 6.92 Å². The number of benzene rings is 1. The summed E-state index contributed by atoms with van der Waals surface area (Å²) in [7, 11) is 0. The van der Waals surface area contributed by atoms with E-state index >= 15 is 0 Å². The van der Waals surface area contributed by atoms with E-state index in [-0.39, 0.29) is 11.9 Å². The average molecular weight is 416 g/mol. The van der Waals surface area contributed by atoms with E-state index in [1.807, 2.05) is 44.2 Å². The number of carbonyl (C=O) groups is 1. The molecule has 1 atom stereocenters. The Labute approximate surface area is 178 Å². The monoisotopic (exact) mass is 415 g/mol. The van der Waals surface area contributed by atoms with Crippen molar-refractivity contribution in [3.05, 3.63) is 52.4 Å². The maximum atomic E-state index is 12.6. The largest absolute Gasteiger partial charge is 0.354 e. The van der Waals surface area contributed by atoms with Gasteiger partial charge in [0.25, 0.3) is 0 Å². The van der Waals surface area contributed by atoms with E-state index < -0.39 is 0 Å². The Balaban J connectivity index is 1.54. The van der Waals surface area contributed by atoms with Crippen LogP contribution in [0.2, 0.25) is 5.02 Å². The lowest BCUT2D eigenvalue weighted by Crippen LogP contribution is -2.54. The molecular weight excluding hydrogens is 386 g/mol. The molecule has 1 aliphatic heterocycles. The molecule has 1 aliphatic rings. The van der Waals surface area contributed by atoms with Crippen molar-refractivity contribution in [3.8, 4) is 0 Å². The van der Waals surface area contributed by atoms with Gasteiger partial charge in [-0.2, -0.15) is 0 Å². The summed E-state index contributed by atoms with van der Waals surface area (Å²) < 4.78 is 0. The Morgan fingerprint density at radius 1 is 1.14 bits per heavy atom. The fourth-order valence-corrected chi connectivity index (χ4v) is 3.67. The van der Waals surface area contributed by atoms with Crippen LogP contribution in [0.4, 0.5) is 5.82 Å². The Morgan fingerprint density at radius 2 is 1.83 bits per heavy atom. The zero-order chi connectivity index (χ0) is 21.0. The molecule has 0 spiro atoms. The van der Waals surface area contributed by atoms with E-state index in [4.69, 9.17) is 16.6 Å². The molecule has 2 aromatic rings. The summed E-state index contributed by atoms with van der Waals surface area (Å²) in [5.41, 5.74) is 1.92. The maximum absolute atomic E-state index is 12.6. The number of nitrogens with one attached hydrogen (secondary N) is 1. The van der Waals surface area contributed by atoms with Gasteiger partial charge in [0.2, 0.25) is 5.91 Å². The van der Waals surface area contributed by atoms with E-state index in [0.29, 0.717) is 17.5 Å². The zero-order valence-corrected chi connectivity index (χ0v) is 18.4. The number of nitrogens with zero attached hydrogens (tertiary/aromatic N) is 4. The third-order valence-electron chi connectivity index (χ3n) is 5.35. The van der Waals surface area contributed by atoms with Gasteiger partial charge in [-0.1, -0.05) is 43.6 Å². The lowest BCUT2D eigenvalue weighted by molar-refractivity contribution is -0.126. The third kappa shape index (κ3) is 5.46. The number of hydrogen-bond acceptors (Lipinski definition) is 5. The van der Waals surface area contributed by atoms with E-state index in [1.54, 1.807) is 0 Å². The van der Waals surface area contributed by atoms with Crippen molar-refractivity contribution in [2.75, 3.05) is 31.1 Å². The van der Waals surface area contributed by atoms with Crippen molar-refractivity contribution in [3.63, 3.8) is 0 Å². The van der Waals surface area contributed by atoms with Crippen LogP contribution in [-0.4, -0.2) is 53.0 Å². The lowest BCUT2D eigenvalue weighted by atomic mass is 10.2. The molecule has 1 aromatic heterocycles. The molecule has 156 valence electrons. The van der Waals surface area contributed by atoms with Crippen molar-refractivity contribution >= 4 is 23.3 Å². The molecule has 1 N–H and O–H groups in total. The van der Waals surface area contributed by atoms with E-state index in [2.05, 4.69) is 33.9 Å². The molecule has 0 saturated carbocycles. The van der Waals surface area contributed by atoms with Crippen molar-refractivity contribution in [1.29, 1.82) is 0 Å². The first-order valence-corrected chi connectivity index (χ1v) is 10.6.